The molecule has 126 valence electrons. The third-order valence-corrected chi connectivity index (χ3v) is 5.42. The van der Waals surface area contributed by atoms with Gasteiger partial charge in [-0.05, 0) is 56.3 Å². The topological polar surface area (TPSA) is 78.4 Å². The molecule has 2 unspecified atom stereocenters. The van der Waals surface area contributed by atoms with Gasteiger partial charge >= 0.3 is 12.0 Å². The van der Waals surface area contributed by atoms with Gasteiger partial charge in [-0.3, -0.25) is 4.79 Å². The Labute approximate surface area is 133 Å². The number of rotatable bonds is 3. The smallest absolute Gasteiger partial charge is 0.315 e. The van der Waals surface area contributed by atoms with Crippen molar-refractivity contribution >= 4 is 12.0 Å². The Bertz CT molecular complexity index is 414. The van der Waals surface area contributed by atoms with Crippen LogP contribution < -0.4 is 10.6 Å². The van der Waals surface area contributed by atoms with E-state index in [-0.39, 0.29) is 24.0 Å². The molecule has 0 radical (unpaired) electrons. The fraction of sp³-hybridized carbons (Fsp3) is 0.882. The van der Waals surface area contributed by atoms with Crippen LogP contribution in [0.3, 0.4) is 0 Å². The molecule has 2 amide bonds. The van der Waals surface area contributed by atoms with Crippen LogP contribution in [0.25, 0.3) is 0 Å². The van der Waals surface area contributed by atoms with E-state index in [9.17, 15) is 9.59 Å². The Hall–Kier alpha value is -1.26. The van der Waals surface area contributed by atoms with Crippen LogP contribution in [0.1, 0.15) is 65.7 Å². The van der Waals surface area contributed by atoms with Crippen LogP contribution in [0.4, 0.5) is 4.79 Å². The minimum absolute atomic E-state index is 0.0877. The summed E-state index contributed by atoms with van der Waals surface area (Å²) >= 11 is 0. The lowest BCUT2D eigenvalue weighted by atomic mass is 9.70. The molecule has 2 aliphatic rings. The number of hydrogen-bond acceptors (Lipinski definition) is 2. The zero-order valence-electron chi connectivity index (χ0n) is 14.0. The summed E-state index contributed by atoms with van der Waals surface area (Å²) in [5.74, 6) is -0.444. The lowest BCUT2D eigenvalue weighted by molar-refractivity contribution is -0.142. The molecule has 0 saturated heterocycles. The highest BCUT2D eigenvalue weighted by Crippen LogP contribution is 2.38. The number of hydrogen-bond donors (Lipinski definition) is 3. The van der Waals surface area contributed by atoms with E-state index in [1.165, 1.54) is 0 Å². The van der Waals surface area contributed by atoms with Gasteiger partial charge < -0.3 is 15.7 Å². The van der Waals surface area contributed by atoms with Gasteiger partial charge in [0.05, 0.1) is 5.92 Å². The molecule has 2 saturated carbocycles. The molecule has 3 N–H and O–H groups in total. The zero-order chi connectivity index (χ0) is 16.3. The predicted octanol–water partition coefficient (Wildman–Crippen LogP) is 3.14. The first-order valence-corrected chi connectivity index (χ1v) is 8.57. The van der Waals surface area contributed by atoms with Gasteiger partial charge in [-0.2, -0.15) is 0 Å². The summed E-state index contributed by atoms with van der Waals surface area (Å²) in [5, 5.41) is 15.1. The molecule has 5 heteroatoms. The molecule has 5 nitrogen and oxygen atoms in total. The number of amides is 2. The number of carbonyl (C=O) groups excluding carboxylic acids is 1. The van der Waals surface area contributed by atoms with Gasteiger partial charge in [-0.15, -0.1) is 0 Å². The third kappa shape index (κ3) is 4.62. The van der Waals surface area contributed by atoms with Gasteiger partial charge in [0, 0.05) is 12.1 Å². The number of carboxylic acids is 1. The number of carbonyl (C=O) groups is 2. The second kappa shape index (κ2) is 6.88. The van der Waals surface area contributed by atoms with Crippen LogP contribution in [-0.4, -0.2) is 29.2 Å². The van der Waals surface area contributed by atoms with Crippen molar-refractivity contribution < 1.29 is 14.7 Å². The van der Waals surface area contributed by atoms with E-state index in [4.69, 9.17) is 5.11 Å². The SMILES string of the molecule is CC1CC(C)(C)CCC1NC(=O)NC1CCC(C(=O)O)CC1. The van der Waals surface area contributed by atoms with E-state index in [0.29, 0.717) is 24.2 Å². The van der Waals surface area contributed by atoms with Crippen molar-refractivity contribution in [1.82, 2.24) is 10.6 Å². The van der Waals surface area contributed by atoms with E-state index < -0.39 is 5.97 Å². The van der Waals surface area contributed by atoms with Gasteiger partial charge in [-0.25, -0.2) is 4.79 Å². The summed E-state index contributed by atoms with van der Waals surface area (Å²) in [6.45, 7) is 6.80. The van der Waals surface area contributed by atoms with Crippen molar-refractivity contribution in [3.63, 3.8) is 0 Å². The fourth-order valence-electron chi connectivity index (χ4n) is 4.04. The molecular formula is C17H30N2O3. The van der Waals surface area contributed by atoms with E-state index in [1.807, 2.05) is 0 Å². The minimum Gasteiger partial charge on any atom is -0.481 e. The maximum Gasteiger partial charge on any atom is 0.315 e. The maximum absolute atomic E-state index is 12.2. The number of aliphatic carboxylic acids is 1. The van der Waals surface area contributed by atoms with E-state index in [2.05, 4.69) is 31.4 Å². The predicted molar refractivity (Wildman–Crippen MR) is 85.6 cm³/mol. The van der Waals surface area contributed by atoms with Gasteiger partial charge in [0.15, 0.2) is 0 Å². The summed E-state index contributed by atoms with van der Waals surface area (Å²) in [6, 6.07) is 0.282. The Morgan fingerprint density at radius 3 is 2.23 bits per heavy atom. The molecule has 0 aromatic rings. The molecule has 0 heterocycles. The van der Waals surface area contributed by atoms with Crippen molar-refractivity contribution in [2.45, 2.75) is 77.8 Å². The van der Waals surface area contributed by atoms with Gasteiger partial charge in [0.2, 0.25) is 0 Å². The molecule has 2 fully saturated rings. The monoisotopic (exact) mass is 310 g/mol. The highest BCUT2D eigenvalue weighted by atomic mass is 16.4. The lowest BCUT2D eigenvalue weighted by Gasteiger charge is -2.39. The number of carboxylic acid groups (broad SMARTS) is 1. The lowest BCUT2D eigenvalue weighted by Crippen LogP contribution is -2.51. The zero-order valence-corrected chi connectivity index (χ0v) is 14.0. The maximum atomic E-state index is 12.2. The molecule has 0 bridgehead atoms. The molecule has 0 aromatic heterocycles. The van der Waals surface area contributed by atoms with Crippen molar-refractivity contribution in [1.29, 1.82) is 0 Å². The van der Waals surface area contributed by atoms with Crippen molar-refractivity contribution in [2.75, 3.05) is 0 Å². The minimum atomic E-state index is -0.707. The summed E-state index contributed by atoms with van der Waals surface area (Å²) in [6.07, 6.45) is 6.17. The molecule has 0 aromatic carbocycles. The molecule has 0 aliphatic heterocycles. The quantitative estimate of drug-likeness (QED) is 0.749. The van der Waals surface area contributed by atoms with Crippen LogP contribution >= 0.6 is 0 Å². The van der Waals surface area contributed by atoms with E-state index >= 15 is 0 Å². The summed E-state index contributed by atoms with van der Waals surface area (Å²) in [5.41, 5.74) is 0.378. The van der Waals surface area contributed by atoms with Crippen molar-refractivity contribution in [3.05, 3.63) is 0 Å². The van der Waals surface area contributed by atoms with Crippen LogP contribution in [0.15, 0.2) is 0 Å². The Kier molecular flexibility index (Phi) is 5.35. The highest BCUT2D eigenvalue weighted by molar-refractivity contribution is 5.74. The van der Waals surface area contributed by atoms with Crippen molar-refractivity contribution in [3.8, 4) is 0 Å². The molecule has 2 atom stereocenters. The van der Waals surface area contributed by atoms with Crippen LogP contribution in [-0.2, 0) is 4.79 Å². The first kappa shape index (κ1) is 17.1. The van der Waals surface area contributed by atoms with Crippen LogP contribution in [0.2, 0.25) is 0 Å². The van der Waals surface area contributed by atoms with Gasteiger partial charge in [-0.1, -0.05) is 20.8 Å². The van der Waals surface area contributed by atoms with E-state index in [0.717, 1.165) is 32.1 Å². The van der Waals surface area contributed by atoms with Crippen LogP contribution in [0.5, 0.6) is 0 Å². The standard InChI is InChI=1S/C17H30N2O3/c1-11-10-17(2,3)9-8-14(11)19-16(22)18-13-6-4-12(5-7-13)15(20)21/h11-14H,4-10H2,1-3H3,(H,20,21)(H2,18,19,22). The first-order valence-electron chi connectivity index (χ1n) is 8.57. The molecule has 0 spiro atoms. The summed E-state index contributed by atoms with van der Waals surface area (Å²) in [7, 11) is 0. The number of urea groups is 1. The second-order valence-electron chi connectivity index (χ2n) is 8.00. The Morgan fingerprint density at radius 1 is 1.05 bits per heavy atom. The van der Waals surface area contributed by atoms with Crippen LogP contribution in [0, 0.1) is 17.3 Å². The second-order valence-corrected chi connectivity index (χ2v) is 8.00. The summed E-state index contributed by atoms with van der Waals surface area (Å²) < 4.78 is 0. The fourth-order valence-corrected chi connectivity index (χ4v) is 4.04. The van der Waals surface area contributed by atoms with Gasteiger partial charge in [0.1, 0.15) is 0 Å². The average Bonchev–Trinajstić information content (AvgIpc) is 2.42. The van der Waals surface area contributed by atoms with Crippen molar-refractivity contribution in [2.24, 2.45) is 17.3 Å². The summed E-state index contributed by atoms with van der Waals surface area (Å²) in [4.78, 5) is 23.1. The molecule has 2 aliphatic carbocycles. The van der Waals surface area contributed by atoms with Gasteiger partial charge in [0.25, 0.3) is 0 Å². The normalized spacial score (nSPS) is 34.7. The Balaban J connectivity index is 1.74. The highest BCUT2D eigenvalue weighted by Gasteiger charge is 2.33. The molecule has 2 rings (SSSR count). The largest absolute Gasteiger partial charge is 0.481 e. The average molecular weight is 310 g/mol. The first-order chi connectivity index (χ1) is 10.3. The Morgan fingerprint density at radius 2 is 1.68 bits per heavy atom. The number of nitrogens with one attached hydrogen (secondary N) is 2. The molecule has 22 heavy (non-hydrogen) atoms. The third-order valence-electron chi connectivity index (χ3n) is 5.42. The van der Waals surface area contributed by atoms with E-state index in [1.54, 1.807) is 0 Å². The molecular weight excluding hydrogens is 280 g/mol.